The van der Waals surface area contributed by atoms with E-state index in [2.05, 4.69) is 10.1 Å². The summed E-state index contributed by atoms with van der Waals surface area (Å²) in [7, 11) is 0. The van der Waals surface area contributed by atoms with E-state index in [4.69, 9.17) is 15.0 Å². The minimum absolute atomic E-state index is 0.102. The normalized spacial score (nSPS) is 12.8. The van der Waals surface area contributed by atoms with Crippen LogP contribution < -0.4 is 5.73 Å². The highest BCUT2D eigenvalue weighted by Gasteiger charge is 2.18. The molecule has 0 aliphatic heterocycles. The molecule has 0 radical (unpaired) electrons. The summed E-state index contributed by atoms with van der Waals surface area (Å²) >= 11 is 1.43. The second-order valence-corrected chi connectivity index (χ2v) is 4.63. The molecule has 2 aromatic rings. The van der Waals surface area contributed by atoms with Gasteiger partial charge in [-0.1, -0.05) is 12.1 Å². The van der Waals surface area contributed by atoms with Crippen LogP contribution in [0.2, 0.25) is 0 Å². The molecule has 2 aromatic heterocycles. The van der Waals surface area contributed by atoms with Crippen LogP contribution in [0.3, 0.4) is 0 Å². The second kappa shape index (κ2) is 5.29. The van der Waals surface area contributed by atoms with Gasteiger partial charge in [0.2, 0.25) is 5.82 Å². The Labute approximate surface area is 104 Å². The van der Waals surface area contributed by atoms with Gasteiger partial charge in [-0.15, -0.1) is 11.3 Å². The predicted molar refractivity (Wildman–Crippen MR) is 66.7 cm³/mol. The van der Waals surface area contributed by atoms with E-state index in [0.717, 1.165) is 16.3 Å². The van der Waals surface area contributed by atoms with Crippen LogP contribution >= 0.6 is 11.3 Å². The van der Waals surface area contributed by atoms with Crippen molar-refractivity contribution in [3.05, 3.63) is 18.0 Å². The Morgan fingerprint density at radius 3 is 2.88 bits per heavy atom. The number of nitrogens with two attached hydrogens (primary N) is 1. The summed E-state index contributed by atoms with van der Waals surface area (Å²) in [5.41, 5.74) is 5.66. The number of anilines is 1. The van der Waals surface area contributed by atoms with Crippen molar-refractivity contribution in [1.82, 2.24) is 10.1 Å². The van der Waals surface area contributed by atoms with E-state index in [0.29, 0.717) is 18.3 Å². The molecule has 2 heterocycles. The van der Waals surface area contributed by atoms with Crippen LogP contribution in [0, 0.1) is 0 Å². The van der Waals surface area contributed by atoms with Crippen molar-refractivity contribution in [3.8, 4) is 10.8 Å². The van der Waals surface area contributed by atoms with Crippen molar-refractivity contribution in [2.45, 2.75) is 26.4 Å². The van der Waals surface area contributed by atoms with Gasteiger partial charge in [-0.2, -0.15) is 4.98 Å². The van der Waals surface area contributed by atoms with Crippen molar-refractivity contribution in [2.24, 2.45) is 0 Å². The zero-order valence-electron chi connectivity index (χ0n) is 9.84. The highest BCUT2D eigenvalue weighted by Crippen LogP contribution is 2.29. The maximum Gasteiger partial charge on any atom is 0.268 e. The highest BCUT2D eigenvalue weighted by atomic mass is 32.1. The number of thiophene rings is 1. The lowest BCUT2D eigenvalue weighted by atomic mass is 10.2. The van der Waals surface area contributed by atoms with E-state index in [1.165, 1.54) is 11.3 Å². The molecule has 1 atom stereocenters. The third-order valence-electron chi connectivity index (χ3n) is 2.31. The molecule has 0 spiro atoms. The lowest BCUT2D eigenvalue weighted by Gasteiger charge is -2.09. The lowest BCUT2D eigenvalue weighted by Crippen LogP contribution is -2.04. The van der Waals surface area contributed by atoms with Crippen LogP contribution in [0.25, 0.3) is 10.8 Å². The van der Waals surface area contributed by atoms with Crippen LogP contribution in [0.15, 0.2) is 16.7 Å². The Hall–Kier alpha value is -1.40. The average molecular weight is 253 g/mol. The van der Waals surface area contributed by atoms with E-state index in [1.807, 2.05) is 26.0 Å². The maximum atomic E-state index is 5.66. The zero-order valence-corrected chi connectivity index (χ0v) is 10.7. The number of ether oxygens (including phenoxy) is 1. The van der Waals surface area contributed by atoms with Gasteiger partial charge in [0.15, 0.2) is 0 Å². The zero-order chi connectivity index (χ0) is 12.3. The smallest absolute Gasteiger partial charge is 0.268 e. The first kappa shape index (κ1) is 12.1. The van der Waals surface area contributed by atoms with E-state index in [9.17, 15) is 0 Å². The van der Waals surface area contributed by atoms with Crippen molar-refractivity contribution in [2.75, 3.05) is 12.3 Å². The topological polar surface area (TPSA) is 74.2 Å². The van der Waals surface area contributed by atoms with Crippen molar-refractivity contribution < 1.29 is 9.26 Å². The Bertz CT molecular complexity index is 481. The Kier molecular flexibility index (Phi) is 3.75. The molecule has 0 aliphatic carbocycles. The minimum atomic E-state index is -0.102. The SMILES string of the molecule is CCOC(CC)c1noc(-c2ccc(N)s2)n1. The summed E-state index contributed by atoms with van der Waals surface area (Å²) in [6, 6.07) is 3.70. The van der Waals surface area contributed by atoms with E-state index < -0.39 is 0 Å². The molecule has 0 aliphatic rings. The first-order valence-corrected chi connectivity index (χ1v) is 6.37. The van der Waals surface area contributed by atoms with Crippen LogP contribution in [0.4, 0.5) is 5.00 Å². The fourth-order valence-electron chi connectivity index (χ4n) is 1.51. The average Bonchev–Trinajstić information content (AvgIpc) is 2.94. The molecular formula is C11H15N3O2S. The quantitative estimate of drug-likeness (QED) is 0.886. The summed E-state index contributed by atoms with van der Waals surface area (Å²) in [6.45, 7) is 4.61. The molecular weight excluding hydrogens is 238 g/mol. The number of aromatic nitrogens is 2. The summed E-state index contributed by atoms with van der Waals surface area (Å²) in [5, 5.41) is 4.68. The van der Waals surface area contributed by atoms with Gasteiger partial charge in [0.05, 0.1) is 9.88 Å². The number of rotatable bonds is 5. The molecule has 0 aromatic carbocycles. The summed E-state index contributed by atoms with van der Waals surface area (Å²) < 4.78 is 10.7. The van der Waals surface area contributed by atoms with Gasteiger partial charge in [0, 0.05) is 6.61 Å². The fourth-order valence-corrected chi connectivity index (χ4v) is 2.21. The molecule has 0 bridgehead atoms. The fraction of sp³-hybridized carbons (Fsp3) is 0.455. The number of nitrogens with zero attached hydrogens (tertiary/aromatic N) is 2. The van der Waals surface area contributed by atoms with Crippen LogP contribution in [0.1, 0.15) is 32.2 Å². The van der Waals surface area contributed by atoms with E-state index in [1.54, 1.807) is 0 Å². The molecule has 2 N–H and O–H groups in total. The van der Waals surface area contributed by atoms with E-state index >= 15 is 0 Å². The van der Waals surface area contributed by atoms with Crippen molar-refractivity contribution >= 4 is 16.3 Å². The monoisotopic (exact) mass is 253 g/mol. The molecule has 92 valence electrons. The molecule has 17 heavy (non-hydrogen) atoms. The van der Waals surface area contributed by atoms with E-state index in [-0.39, 0.29) is 6.10 Å². The van der Waals surface area contributed by atoms with Gasteiger partial charge in [0.25, 0.3) is 5.89 Å². The van der Waals surface area contributed by atoms with Crippen molar-refractivity contribution in [3.63, 3.8) is 0 Å². The van der Waals surface area contributed by atoms with Gasteiger partial charge in [-0.3, -0.25) is 0 Å². The van der Waals surface area contributed by atoms with Gasteiger partial charge >= 0.3 is 0 Å². The van der Waals surface area contributed by atoms with Gasteiger partial charge < -0.3 is 15.0 Å². The molecule has 0 saturated heterocycles. The van der Waals surface area contributed by atoms with Crippen LogP contribution in [0.5, 0.6) is 0 Å². The molecule has 0 amide bonds. The van der Waals surface area contributed by atoms with Crippen LogP contribution in [-0.2, 0) is 4.74 Å². The minimum Gasteiger partial charge on any atom is -0.391 e. The second-order valence-electron chi connectivity index (χ2n) is 3.51. The van der Waals surface area contributed by atoms with Crippen molar-refractivity contribution in [1.29, 1.82) is 0 Å². The molecule has 5 nitrogen and oxygen atoms in total. The molecule has 2 rings (SSSR count). The van der Waals surface area contributed by atoms with Gasteiger partial charge in [0.1, 0.15) is 6.10 Å². The largest absolute Gasteiger partial charge is 0.391 e. The van der Waals surface area contributed by atoms with Gasteiger partial charge in [-0.05, 0) is 25.5 Å². The third kappa shape index (κ3) is 2.65. The molecule has 0 saturated carbocycles. The number of nitrogen functional groups attached to an aromatic ring is 1. The number of hydrogen-bond acceptors (Lipinski definition) is 6. The Balaban J connectivity index is 2.20. The molecule has 6 heteroatoms. The Morgan fingerprint density at radius 2 is 2.29 bits per heavy atom. The highest BCUT2D eigenvalue weighted by molar-refractivity contribution is 7.19. The summed E-state index contributed by atoms with van der Waals surface area (Å²) in [4.78, 5) is 5.22. The summed E-state index contributed by atoms with van der Waals surface area (Å²) in [6.07, 6.45) is 0.717. The Morgan fingerprint density at radius 1 is 1.47 bits per heavy atom. The first-order chi connectivity index (χ1) is 8.24. The third-order valence-corrected chi connectivity index (χ3v) is 3.21. The molecule has 0 fully saturated rings. The predicted octanol–water partition coefficient (Wildman–Crippen LogP) is 2.87. The molecule has 1 unspecified atom stereocenters. The first-order valence-electron chi connectivity index (χ1n) is 5.55. The van der Waals surface area contributed by atoms with Gasteiger partial charge in [-0.25, -0.2) is 0 Å². The number of hydrogen-bond donors (Lipinski definition) is 1. The van der Waals surface area contributed by atoms with Crippen LogP contribution in [-0.4, -0.2) is 16.7 Å². The standard InChI is InChI=1S/C11H15N3O2S/c1-3-7(15-4-2)10-13-11(16-14-10)8-5-6-9(12)17-8/h5-7H,3-4,12H2,1-2H3. The maximum absolute atomic E-state index is 5.66. The summed E-state index contributed by atoms with van der Waals surface area (Å²) in [5.74, 6) is 1.09. The lowest BCUT2D eigenvalue weighted by molar-refractivity contribution is 0.0518.